The van der Waals surface area contributed by atoms with Crippen molar-refractivity contribution in [2.45, 2.75) is 18.7 Å². The van der Waals surface area contributed by atoms with Gasteiger partial charge in [-0.1, -0.05) is 6.07 Å². The molecule has 108 valence electrons. The van der Waals surface area contributed by atoms with Gasteiger partial charge in [0, 0.05) is 5.69 Å². The molecule has 0 spiro atoms. The van der Waals surface area contributed by atoms with Crippen molar-refractivity contribution in [2.75, 3.05) is 10.5 Å². The predicted molar refractivity (Wildman–Crippen MR) is 82.3 cm³/mol. The molecule has 0 heterocycles. The van der Waals surface area contributed by atoms with E-state index in [0.29, 0.717) is 16.9 Å². The summed E-state index contributed by atoms with van der Waals surface area (Å²) < 4.78 is 27.3. The zero-order chi connectivity index (χ0) is 15.6. The smallest absolute Gasteiger partial charge is 0.261 e. The number of rotatable bonds is 3. The van der Waals surface area contributed by atoms with Crippen LogP contribution < -0.4 is 10.5 Å². The molecule has 0 saturated heterocycles. The maximum atomic E-state index is 12.4. The average Bonchev–Trinajstić information content (AvgIpc) is 2.44. The van der Waals surface area contributed by atoms with E-state index in [1.807, 2.05) is 13.0 Å². The Morgan fingerprint density at radius 2 is 1.86 bits per heavy atom. The Kier molecular flexibility index (Phi) is 3.87. The number of benzene rings is 2. The molecule has 0 atom stereocenters. The molecule has 0 fully saturated rings. The van der Waals surface area contributed by atoms with Crippen LogP contribution in [-0.2, 0) is 10.0 Å². The van der Waals surface area contributed by atoms with Crippen LogP contribution in [0.25, 0.3) is 0 Å². The van der Waals surface area contributed by atoms with Crippen LogP contribution in [-0.4, -0.2) is 8.42 Å². The second-order valence-electron chi connectivity index (χ2n) is 4.77. The first-order valence-corrected chi connectivity index (χ1v) is 7.71. The number of hydrogen-bond donors (Lipinski definition) is 2. The fraction of sp³-hybridized carbons (Fsp3) is 0.133. The Labute approximate surface area is 124 Å². The highest BCUT2D eigenvalue weighted by Crippen LogP contribution is 2.25. The Morgan fingerprint density at radius 3 is 2.52 bits per heavy atom. The van der Waals surface area contributed by atoms with Crippen molar-refractivity contribution in [1.29, 1.82) is 5.26 Å². The predicted octanol–water partition coefficient (Wildman–Crippen LogP) is 2.56. The molecule has 0 amide bonds. The molecule has 2 aromatic rings. The number of nitrogens with zero attached hydrogens (tertiary/aromatic N) is 1. The van der Waals surface area contributed by atoms with Gasteiger partial charge in [-0.3, -0.25) is 4.72 Å². The number of hydrogen-bond acceptors (Lipinski definition) is 4. The van der Waals surface area contributed by atoms with E-state index in [0.717, 1.165) is 11.1 Å². The molecule has 0 aliphatic carbocycles. The van der Waals surface area contributed by atoms with E-state index in [1.54, 1.807) is 25.1 Å². The summed E-state index contributed by atoms with van der Waals surface area (Å²) in [6, 6.07) is 11.2. The van der Waals surface area contributed by atoms with Crippen LogP contribution in [0.4, 0.5) is 11.4 Å². The molecular weight excluding hydrogens is 286 g/mol. The minimum absolute atomic E-state index is 0.0513. The van der Waals surface area contributed by atoms with Crippen molar-refractivity contribution in [3.8, 4) is 6.07 Å². The molecular formula is C15H15N3O2S. The van der Waals surface area contributed by atoms with Gasteiger partial charge in [0.25, 0.3) is 10.0 Å². The lowest BCUT2D eigenvalue weighted by molar-refractivity contribution is 0.601. The highest BCUT2D eigenvalue weighted by molar-refractivity contribution is 7.92. The van der Waals surface area contributed by atoms with E-state index in [2.05, 4.69) is 4.72 Å². The van der Waals surface area contributed by atoms with E-state index < -0.39 is 10.0 Å². The normalized spacial score (nSPS) is 10.9. The molecule has 0 aliphatic heterocycles. The summed E-state index contributed by atoms with van der Waals surface area (Å²) in [7, 11) is -3.74. The lowest BCUT2D eigenvalue weighted by atomic mass is 10.1. The lowest BCUT2D eigenvalue weighted by Gasteiger charge is -2.13. The fourth-order valence-corrected chi connectivity index (χ4v) is 3.05. The summed E-state index contributed by atoms with van der Waals surface area (Å²) in [6.07, 6.45) is 0. The van der Waals surface area contributed by atoms with Gasteiger partial charge in [0.05, 0.1) is 22.2 Å². The third-order valence-electron chi connectivity index (χ3n) is 3.13. The van der Waals surface area contributed by atoms with Crippen LogP contribution in [0.5, 0.6) is 0 Å². The molecule has 0 saturated carbocycles. The van der Waals surface area contributed by atoms with Gasteiger partial charge in [-0.15, -0.1) is 0 Å². The first-order valence-electron chi connectivity index (χ1n) is 6.23. The standard InChI is InChI=1S/C15H15N3O2S/c1-10-7-15(11(2)6-14(10)17)18-21(19,20)13-5-3-4-12(8-13)9-16/h3-8,18H,17H2,1-2H3. The van der Waals surface area contributed by atoms with Gasteiger partial charge in [-0.2, -0.15) is 5.26 Å². The zero-order valence-corrected chi connectivity index (χ0v) is 12.5. The Morgan fingerprint density at radius 1 is 1.14 bits per heavy atom. The van der Waals surface area contributed by atoms with Crippen molar-refractivity contribution >= 4 is 21.4 Å². The van der Waals surface area contributed by atoms with E-state index in [-0.39, 0.29) is 4.90 Å². The second kappa shape index (κ2) is 5.46. The first-order chi connectivity index (χ1) is 9.83. The number of nitrogens with two attached hydrogens (primary N) is 1. The van der Waals surface area contributed by atoms with Crippen molar-refractivity contribution in [2.24, 2.45) is 0 Å². The Balaban J connectivity index is 2.42. The Hall–Kier alpha value is -2.52. The second-order valence-corrected chi connectivity index (χ2v) is 6.45. The van der Waals surface area contributed by atoms with Gasteiger partial charge < -0.3 is 5.73 Å². The summed E-state index contributed by atoms with van der Waals surface area (Å²) >= 11 is 0. The van der Waals surface area contributed by atoms with E-state index in [4.69, 9.17) is 11.0 Å². The SMILES string of the molecule is Cc1cc(NS(=O)(=O)c2cccc(C#N)c2)c(C)cc1N. The van der Waals surface area contributed by atoms with E-state index >= 15 is 0 Å². The van der Waals surface area contributed by atoms with Gasteiger partial charge >= 0.3 is 0 Å². The van der Waals surface area contributed by atoms with Crippen LogP contribution >= 0.6 is 0 Å². The number of nitriles is 1. The van der Waals surface area contributed by atoms with Gasteiger partial charge in [0.2, 0.25) is 0 Å². The zero-order valence-electron chi connectivity index (χ0n) is 11.7. The molecule has 2 rings (SSSR count). The molecule has 6 heteroatoms. The molecule has 0 unspecified atom stereocenters. The largest absolute Gasteiger partial charge is 0.399 e. The molecule has 0 aliphatic rings. The number of sulfonamides is 1. The first kappa shape index (κ1) is 14.9. The maximum absolute atomic E-state index is 12.4. The van der Waals surface area contributed by atoms with Crippen molar-refractivity contribution < 1.29 is 8.42 Å². The van der Waals surface area contributed by atoms with Crippen LogP contribution in [0.15, 0.2) is 41.3 Å². The summed E-state index contributed by atoms with van der Waals surface area (Å²) in [6.45, 7) is 3.59. The Bertz CT molecular complexity index is 836. The molecule has 5 nitrogen and oxygen atoms in total. The number of nitrogens with one attached hydrogen (secondary N) is 1. The van der Waals surface area contributed by atoms with Crippen molar-refractivity contribution in [3.63, 3.8) is 0 Å². The lowest BCUT2D eigenvalue weighted by Crippen LogP contribution is -2.14. The third-order valence-corrected chi connectivity index (χ3v) is 4.49. The monoisotopic (exact) mass is 301 g/mol. The molecule has 0 radical (unpaired) electrons. The summed E-state index contributed by atoms with van der Waals surface area (Å²) in [4.78, 5) is 0.0513. The average molecular weight is 301 g/mol. The summed E-state index contributed by atoms with van der Waals surface area (Å²) in [5.41, 5.74) is 8.70. The quantitative estimate of drug-likeness (QED) is 0.851. The topological polar surface area (TPSA) is 96.0 Å². The number of aryl methyl sites for hydroxylation is 2. The number of nitrogen functional groups attached to an aromatic ring is 1. The van der Waals surface area contributed by atoms with Crippen LogP contribution in [0.1, 0.15) is 16.7 Å². The van der Waals surface area contributed by atoms with Crippen LogP contribution in [0.3, 0.4) is 0 Å². The molecule has 2 aromatic carbocycles. The highest BCUT2D eigenvalue weighted by atomic mass is 32.2. The molecule has 21 heavy (non-hydrogen) atoms. The molecule has 0 aromatic heterocycles. The van der Waals surface area contributed by atoms with Gasteiger partial charge in [-0.25, -0.2) is 8.42 Å². The van der Waals surface area contributed by atoms with Gasteiger partial charge in [0.15, 0.2) is 0 Å². The van der Waals surface area contributed by atoms with Gasteiger partial charge in [0.1, 0.15) is 0 Å². The van der Waals surface area contributed by atoms with Crippen LogP contribution in [0, 0.1) is 25.2 Å². The fourth-order valence-electron chi connectivity index (χ4n) is 1.88. The summed E-state index contributed by atoms with van der Waals surface area (Å²) in [5, 5.41) is 8.85. The molecule has 0 bridgehead atoms. The minimum Gasteiger partial charge on any atom is -0.399 e. The van der Waals surface area contributed by atoms with Crippen LogP contribution in [0.2, 0.25) is 0 Å². The summed E-state index contributed by atoms with van der Waals surface area (Å²) in [5.74, 6) is 0. The van der Waals surface area contributed by atoms with E-state index in [1.165, 1.54) is 18.2 Å². The van der Waals surface area contributed by atoms with Gasteiger partial charge in [-0.05, 0) is 55.3 Å². The van der Waals surface area contributed by atoms with Crippen molar-refractivity contribution in [1.82, 2.24) is 0 Å². The number of anilines is 2. The van der Waals surface area contributed by atoms with E-state index in [9.17, 15) is 8.42 Å². The highest BCUT2D eigenvalue weighted by Gasteiger charge is 2.16. The minimum atomic E-state index is -3.74. The maximum Gasteiger partial charge on any atom is 0.261 e. The third kappa shape index (κ3) is 3.15. The molecule has 3 N–H and O–H groups in total. The van der Waals surface area contributed by atoms with Crippen molar-refractivity contribution in [3.05, 3.63) is 53.1 Å².